The molecule has 8 nitrogen and oxygen atoms in total. The maximum absolute atomic E-state index is 11.5. The fourth-order valence-corrected chi connectivity index (χ4v) is 3.36. The maximum atomic E-state index is 11.5. The average molecular weight is 371 g/mol. The van der Waals surface area contributed by atoms with Crippen molar-refractivity contribution in [3.63, 3.8) is 0 Å². The van der Waals surface area contributed by atoms with E-state index in [2.05, 4.69) is 10.6 Å². The summed E-state index contributed by atoms with van der Waals surface area (Å²) in [6.45, 7) is 0.668. The van der Waals surface area contributed by atoms with Crippen LogP contribution in [0.5, 0.6) is 0 Å². The van der Waals surface area contributed by atoms with Gasteiger partial charge in [0.15, 0.2) is 6.61 Å². The Balaban J connectivity index is 1.57. The second kappa shape index (κ2) is 9.28. The molecule has 24 heavy (non-hydrogen) atoms. The first-order valence-corrected chi connectivity index (χ1v) is 9.08. The summed E-state index contributed by atoms with van der Waals surface area (Å²) in [5, 5.41) is 6.43. The van der Waals surface area contributed by atoms with Crippen LogP contribution < -0.4 is 10.6 Å². The lowest BCUT2D eigenvalue weighted by molar-refractivity contribution is -0.148. The second-order valence-corrected chi connectivity index (χ2v) is 6.90. The van der Waals surface area contributed by atoms with Gasteiger partial charge in [-0.2, -0.15) is 0 Å². The molecule has 2 N–H and O–H groups in total. The SMILES string of the molecule is O=C(COC(=O)CCN1CCSC1=O)NC(=O)NCc1cccs1. The minimum atomic E-state index is -0.708. The summed E-state index contributed by atoms with van der Waals surface area (Å²) < 4.78 is 4.78. The highest BCUT2D eigenvalue weighted by atomic mass is 32.2. The number of thiophene rings is 1. The topological polar surface area (TPSA) is 105 Å². The number of rotatable bonds is 7. The van der Waals surface area contributed by atoms with Crippen molar-refractivity contribution < 1.29 is 23.9 Å². The molecule has 2 heterocycles. The molecule has 0 aromatic carbocycles. The third kappa shape index (κ3) is 6.20. The molecule has 2 rings (SSSR count). The molecule has 0 radical (unpaired) electrons. The van der Waals surface area contributed by atoms with Gasteiger partial charge in [-0.1, -0.05) is 17.8 Å². The van der Waals surface area contributed by atoms with E-state index in [1.165, 1.54) is 23.1 Å². The van der Waals surface area contributed by atoms with Crippen LogP contribution in [-0.2, 0) is 20.9 Å². The smallest absolute Gasteiger partial charge is 0.321 e. The highest BCUT2D eigenvalue weighted by Gasteiger charge is 2.21. The van der Waals surface area contributed by atoms with Crippen LogP contribution >= 0.6 is 23.1 Å². The number of urea groups is 1. The van der Waals surface area contributed by atoms with Crippen molar-refractivity contribution in [1.29, 1.82) is 0 Å². The first kappa shape index (κ1) is 18.3. The number of esters is 1. The largest absolute Gasteiger partial charge is 0.456 e. The number of ether oxygens (including phenoxy) is 1. The number of nitrogens with zero attached hydrogens (tertiary/aromatic N) is 1. The van der Waals surface area contributed by atoms with E-state index in [1.807, 2.05) is 17.5 Å². The molecule has 0 spiro atoms. The number of carbonyl (C=O) groups is 4. The normalized spacial score (nSPS) is 13.7. The van der Waals surface area contributed by atoms with Gasteiger partial charge in [-0.15, -0.1) is 11.3 Å². The molecule has 0 bridgehead atoms. The van der Waals surface area contributed by atoms with Crippen molar-refractivity contribution in [3.8, 4) is 0 Å². The van der Waals surface area contributed by atoms with E-state index < -0.39 is 24.5 Å². The van der Waals surface area contributed by atoms with Crippen molar-refractivity contribution in [1.82, 2.24) is 15.5 Å². The number of imide groups is 1. The van der Waals surface area contributed by atoms with Gasteiger partial charge < -0.3 is 15.0 Å². The fraction of sp³-hybridized carbons (Fsp3) is 0.429. The van der Waals surface area contributed by atoms with Gasteiger partial charge in [0.1, 0.15) is 0 Å². The van der Waals surface area contributed by atoms with Crippen molar-refractivity contribution >= 4 is 46.2 Å². The highest BCUT2D eigenvalue weighted by Crippen LogP contribution is 2.17. The summed E-state index contributed by atoms with van der Waals surface area (Å²) in [5.74, 6) is -0.578. The van der Waals surface area contributed by atoms with E-state index >= 15 is 0 Å². The van der Waals surface area contributed by atoms with E-state index in [0.717, 1.165) is 10.6 Å². The lowest BCUT2D eigenvalue weighted by Crippen LogP contribution is -2.41. The quantitative estimate of drug-likeness (QED) is 0.697. The van der Waals surface area contributed by atoms with Crippen LogP contribution in [0.4, 0.5) is 9.59 Å². The number of nitrogens with one attached hydrogen (secondary N) is 2. The van der Waals surface area contributed by atoms with Crippen LogP contribution in [0.1, 0.15) is 11.3 Å². The molecule has 1 aliphatic heterocycles. The molecule has 4 amide bonds. The Bertz CT molecular complexity index is 606. The van der Waals surface area contributed by atoms with Crippen LogP contribution in [0.15, 0.2) is 17.5 Å². The monoisotopic (exact) mass is 371 g/mol. The first-order chi connectivity index (χ1) is 11.5. The minimum Gasteiger partial charge on any atom is -0.456 e. The van der Waals surface area contributed by atoms with Gasteiger partial charge in [0.2, 0.25) is 0 Å². The van der Waals surface area contributed by atoms with Crippen molar-refractivity contribution in [2.75, 3.05) is 25.4 Å². The Morgan fingerprint density at radius 3 is 2.83 bits per heavy atom. The fourth-order valence-electron chi connectivity index (χ4n) is 1.86. The van der Waals surface area contributed by atoms with E-state index in [1.54, 1.807) is 4.90 Å². The minimum absolute atomic E-state index is 0.0180. The predicted octanol–water partition coefficient (Wildman–Crippen LogP) is 1.18. The van der Waals surface area contributed by atoms with Crippen molar-refractivity contribution in [2.45, 2.75) is 13.0 Å². The molecule has 1 aliphatic rings. The molecule has 1 aromatic rings. The predicted molar refractivity (Wildman–Crippen MR) is 89.7 cm³/mol. The Labute approximate surface area is 146 Å². The number of thioether (sulfide) groups is 1. The van der Waals surface area contributed by atoms with Gasteiger partial charge in [0, 0.05) is 23.7 Å². The molecule has 10 heteroatoms. The Morgan fingerprint density at radius 1 is 1.33 bits per heavy atom. The van der Waals surface area contributed by atoms with Gasteiger partial charge >= 0.3 is 12.0 Å². The summed E-state index contributed by atoms with van der Waals surface area (Å²) in [6.07, 6.45) is 0.0180. The van der Waals surface area contributed by atoms with Crippen LogP contribution in [0.25, 0.3) is 0 Å². The lowest BCUT2D eigenvalue weighted by Gasteiger charge is -2.13. The van der Waals surface area contributed by atoms with Crippen molar-refractivity contribution in [3.05, 3.63) is 22.4 Å². The zero-order chi connectivity index (χ0) is 17.4. The second-order valence-electron chi connectivity index (χ2n) is 4.82. The molecule has 1 saturated heterocycles. The third-order valence-corrected chi connectivity index (χ3v) is 4.82. The molecular weight excluding hydrogens is 354 g/mol. The van der Waals surface area contributed by atoms with Crippen LogP contribution in [0.2, 0.25) is 0 Å². The zero-order valence-corrected chi connectivity index (χ0v) is 14.4. The van der Waals surface area contributed by atoms with E-state index in [0.29, 0.717) is 13.1 Å². The Kier molecular flexibility index (Phi) is 7.07. The molecule has 0 atom stereocenters. The number of hydrogen-bond donors (Lipinski definition) is 2. The van der Waals surface area contributed by atoms with Gasteiger partial charge in [-0.05, 0) is 11.4 Å². The highest BCUT2D eigenvalue weighted by molar-refractivity contribution is 8.13. The molecule has 0 aliphatic carbocycles. The van der Waals surface area contributed by atoms with E-state index in [-0.39, 0.29) is 18.2 Å². The van der Waals surface area contributed by atoms with Crippen molar-refractivity contribution in [2.24, 2.45) is 0 Å². The standard InChI is InChI=1S/C14H17N3O5S2/c18-11(16-13(20)15-8-10-2-1-6-23-10)9-22-12(19)3-4-17-5-7-24-14(17)21/h1-2,6H,3-5,7-9H2,(H2,15,16,18,20). The number of carbonyl (C=O) groups excluding carboxylic acids is 4. The molecule has 130 valence electrons. The van der Waals surface area contributed by atoms with Gasteiger partial charge in [0.05, 0.1) is 13.0 Å². The molecule has 0 saturated carbocycles. The summed E-state index contributed by atoms with van der Waals surface area (Å²) in [7, 11) is 0. The van der Waals surface area contributed by atoms with Gasteiger partial charge in [-0.25, -0.2) is 4.79 Å². The van der Waals surface area contributed by atoms with Gasteiger partial charge in [-0.3, -0.25) is 19.7 Å². The lowest BCUT2D eigenvalue weighted by atomic mass is 10.4. The molecule has 1 aromatic heterocycles. The van der Waals surface area contributed by atoms with E-state index in [9.17, 15) is 19.2 Å². The Hall–Kier alpha value is -2.07. The summed E-state index contributed by atoms with van der Waals surface area (Å²) >= 11 is 2.70. The average Bonchev–Trinajstić information content (AvgIpc) is 3.20. The summed E-state index contributed by atoms with van der Waals surface area (Å²) in [5.41, 5.74) is 0. The maximum Gasteiger partial charge on any atom is 0.321 e. The summed E-state index contributed by atoms with van der Waals surface area (Å²) in [6, 6.07) is 3.07. The van der Waals surface area contributed by atoms with Crippen LogP contribution in [-0.4, -0.2) is 53.5 Å². The number of amides is 4. The van der Waals surface area contributed by atoms with Gasteiger partial charge in [0.25, 0.3) is 11.1 Å². The Morgan fingerprint density at radius 2 is 2.17 bits per heavy atom. The zero-order valence-electron chi connectivity index (χ0n) is 12.8. The van der Waals surface area contributed by atoms with E-state index in [4.69, 9.17) is 4.74 Å². The molecule has 0 unspecified atom stereocenters. The van der Waals surface area contributed by atoms with Crippen LogP contribution in [0, 0.1) is 0 Å². The van der Waals surface area contributed by atoms with Crippen LogP contribution in [0.3, 0.4) is 0 Å². The first-order valence-electron chi connectivity index (χ1n) is 7.22. The number of hydrogen-bond acceptors (Lipinski definition) is 7. The molecule has 1 fully saturated rings. The summed E-state index contributed by atoms with van der Waals surface area (Å²) in [4.78, 5) is 48.4. The third-order valence-electron chi connectivity index (χ3n) is 3.05. The molecular formula is C14H17N3O5S2.